The normalized spacial score (nSPS) is 12.1. The predicted octanol–water partition coefficient (Wildman–Crippen LogP) is 3.36. The lowest BCUT2D eigenvalue weighted by Gasteiger charge is -2.17. The molecule has 0 bridgehead atoms. The number of guanidine groups is 1. The first-order valence-electron chi connectivity index (χ1n) is 9.89. The first-order chi connectivity index (χ1) is 13.5. The highest BCUT2D eigenvalue weighted by molar-refractivity contribution is 14.0. The second-order valence-electron chi connectivity index (χ2n) is 6.76. The number of nitrogens with one attached hydrogen (secondary N) is 2. The van der Waals surface area contributed by atoms with Crippen molar-refractivity contribution in [2.45, 2.75) is 46.8 Å². The Bertz CT molecular complexity index is 594. The minimum Gasteiger partial charge on any atom is -0.497 e. The molecule has 0 aliphatic rings. The van der Waals surface area contributed by atoms with Gasteiger partial charge in [0.2, 0.25) is 0 Å². The van der Waals surface area contributed by atoms with Gasteiger partial charge in [0, 0.05) is 26.3 Å². The van der Waals surface area contributed by atoms with Crippen LogP contribution in [0.2, 0.25) is 0 Å². The van der Waals surface area contributed by atoms with Crippen molar-refractivity contribution in [3.63, 3.8) is 0 Å². The number of rotatable bonds is 12. The SMILES string of the molecule is CCOCCCNC(=NCc1ccc(OC)cc1)NCC(C)C(=O)OC(C)C.I. The van der Waals surface area contributed by atoms with E-state index in [0.29, 0.717) is 32.3 Å². The van der Waals surface area contributed by atoms with Crippen LogP contribution in [-0.2, 0) is 20.8 Å². The lowest BCUT2D eigenvalue weighted by atomic mass is 10.2. The smallest absolute Gasteiger partial charge is 0.310 e. The summed E-state index contributed by atoms with van der Waals surface area (Å²) in [6, 6.07) is 7.80. The molecule has 0 fully saturated rings. The lowest BCUT2D eigenvalue weighted by molar-refractivity contribution is -0.151. The van der Waals surface area contributed by atoms with E-state index >= 15 is 0 Å². The number of halogens is 1. The van der Waals surface area contributed by atoms with Crippen LogP contribution in [0.3, 0.4) is 0 Å². The van der Waals surface area contributed by atoms with Crippen LogP contribution in [0.1, 0.15) is 39.7 Å². The van der Waals surface area contributed by atoms with Crippen molar-refractivity contribution < 1.29 is 19.0 Å². The lowest BCUT2D eigenvalue weighted by Crippen LogP contribution is -2.41. The van der Waals surface area contributed by atoms with E-state index in [1.54, 1.807) is 7.11 Å². The molecule has 0 aliphatic carbocycles. The zero-order chi connectivity index (χ0) is 20.8. The van der Waals surface area contributed by atoms with E-state index in [1.807, 2.05) is 52.0 Å². The Hall–Kier alpha value is -1.55. The van der Waals surface area contributed by atoms with E-state index in [2.05, 4.69) is 15.6 Å². The van der Waals surface area contributed by atoms with Crippen molar-refractivity contribution in [3.8, 4) is 5.75 Å². The quantitative estimate of drug-likeness (QED) is 0.144. The Labute approximate surface area is 192 Å². The van der Waals surface area contributed by atoms with Gasteiger partial charge in [-0.1, -0.05) is 19.1 Å². The number of hydrogen-bond acceptors (Lipinski definition) is 5. The molecular formula is C21H36IN3O4. The fourth-order valence-corrected chi connectivity index (χ4v) is 2.28. The summed E-state index contributed by atoms with van der Waals surface area (Å²) in [6.45, 7) is 10.6. The molecule has 2 N–H and O–H groups in total. The van der Waals surface area contributed by atoms with Gasteiger partial charge in [0.1, 0.15) is 5.75 Å². The molecule has 166 valence electrons. The maximum Gasteiger partial charge on any atom is 0.310 e. The molecule has 1 aromatic carbocycles. The van der Waals surface area contributed by atoms with Crippen molar-refractivity contribution in [2.75, 3.05) is 33.4 Å². The highest BCUT2D eigenvalue weighted by Crippen LogP contribution is 2.11. The van der Waals surface area contributed by atoms with Gasteiger partial charge in [-0.25, -0.2) is 4.99 Å². The van der Waals surface area contributed by atoms with E-state index in [-0.39, 0.29) is 42.0 Å². The van der Waals surface area contributed by atoms with Gasteiger partial charge in [-0.3, -0.25) is 4.79 Å². The molecule has 1 unspecified atom stereocenters. The number of carbonyl (C=O) groups is 1. The van der Waals surface area contributed by atoms with Crippen LogP contribution in [0.15, 0.2) is 29.3 Å². The number of benzene rings is 1. The molecule has 0 aromatic heterocycles. The molecule has 8 heteroatoms. The van der Waals surface area contributed by atoms with Gasteiger partial charge in [0.25, 0.3) is 0 Å². The third kappa shape index (κ3) is 12.6. The molecular weight excluding hydrogens is 485 g/mol. The van der Waals surface area contributed by atoms with Crippen LogP contribution in [0.5, 0.6) is 5.75 Å². The average Bonchev–Trinajstić information content (AvgIpc) is 2.68. The maximum atomic E-state index is 12.0. The molecule has 0 radical (unpaired) electrons. The second-order valence-corrected chi connectivity index (χ2v) is 6.76. The number of aliphatic imine (C=N–C) groups is 1. The number of nitrogens with zero attached hydrogens (tertiary/aromatic N) is 1. The van der Waals surface area contributed by atoms with E-state index in [0.717, 1.165) is 24.3 Å². The second kappa shape index (κ2) is 16.3. The summed E-state index contributed by atoms with van der Waals surface area (Å²) in [5.41, 5.74) is 1.07. The minimum absolute atomic E-state index is 0. The van der Waals surface area contributed by atoms with Gasteiger partial charge in [0.05, 0.1) is 25.7 Å². The molecule has 1 aromatic rings. The molecule has 1 atom stereocenters. The van der Waals surface area contributed by atoms with Crippen molar-refractivity contribution in [1.29, 1.82) is 0 Å². The molecule has 0 saturated heterocycles. The number of hydrogen-bond donors (Lipinski definition) is 2. The molecule has 0 heterocycles. The summed E-state index contributed by atoms with van der Waals surface area (Å²) in [4.78, 5) is 16.6. The fraction of sp³-hybridized carbons (Fsp3) is 0.619. The third-order valence-corrected chi connectivity index (χ3v) is 3.87. The van der Waals surface area contributed by atoms with Gasteiger partial charge in [-0.05, 0) is 44.9 Å². The summed E-state index contributed by atoms with van der Waals surface area (Å²) >= 11 is 0. The molecule has 7 nitrogen and oxygen atoms in total. The minimum atomic E-state index is -0.265. The van der Waals surface area contributed by atoms with Crippen molar-refractivity contribution >= 4 is 35.9 Å². The Kier molecular flexibility index (Phi) is 15.4. The van der Waals surface area contributed by atoms with Crippen LogP contribution in [0.25, 0.3) is 0 Å². The number of esters is 1. The van der Waals surface area contributed by atoms with Gasteiger partial charge in [-0.2, -0.15) is 0 Å². The molecule has 0 saturated carbocycles. The summed E-state index contributed by atoms with van der Waals surface area (Å²) < 4.78 is 15.8. The number of carbonyl (C=O) groups excluding carboxylic acids is 1. The van der Waals surface area contributed by atoms with E-state index < -0.39 is 0 Å². The fourth-order valence-electron chi connectivity index (χ4n) is 2.28. The molecule has 29 heavy (non-hydrogen) atoms. The van der Waals surface area contributed by atoms with Gasteiger partial charge < -0.3 is 24.8 Å². The number of methoxy groups -OCH3 is 1. The standard InChI is InChI=1S/C21H35N3O4.HI/c1-6-27-13-7-12-22-21(23-14-17(4)20(25)28-16(2)3)24-15-18-8-10-19(26-5)11-9-18;/h8-11,16-17H,6-7,12-15H2,1-5H3,(H2,22,23,24);1H. The Morgan fingerprint density at radius 3 is 2.41 bits per heavy atom. The summed E-state index contributed by atoms with van der Waals surface area (Å²) in [5.74, 6) is 1.00. The van der Waals surface area contributed by atoms with Crippen molar-refractivity contribution in [2.24, 2.45) is 10.9 Å². The van der Waals surface area contributed by atoms with Gasteiger partial charge in [0.15, 0.2) is 5.96 Å². The van der Waals surface area contributed by atoms with E-state index in [9.17, 15) is 4.79 Å². The zero-order valence-corrected chi connectivity index (χ0v) is 20.5. The maximum absolute atomic E-state index is 12.0. The van der Waals surface area contributed by atoms with Crippen LogP contribution in [0.4, 0.5) is 0 Å². The van der Waals surface area contributed by atoms with Crippen LogP contribution in [0, 0.1) is 5.92 Å². The first-order valence-corrected chi connectivity index (χ1v) is 9.89. The van der Waals surface area contributed by atoms with E-state index in [4.69, 9.17) is 14.2 Å². The van der Waals surface area contributed by atoms with Crippen LogP contribution >= 0.6 is 24.0 Å². The summed E-state index contributed by atoms with van der Waals surface area (Å²) in [6.07, 6.45) is 0.761. The summed E-state index contributed by atoms with van der Waals surface area (Å²) in [5, 5.41) is 6.52. The average molecular weight is 521 g/mol. The van der Waals surface area contributed by atoms with Crippen molar-refractivity contribution in [1.82, 2.24) is 10.6 Å². The molecule has 0 aliphatic heterocycles. The molecule has 1 rings (SSSR count). The first kappa shape index (κ1) is 27.5. The van der Waals surface area contributed by atoms with E-state index in [1.165, 1.54) is 0 Å². The predicted molar refractivity (Wildman–Crippen MR) is 127 cm³/mol. The van der Waals surface area contributed by atoms with Gasteiger partial charge in [-0.15, -0.1) is 24.0 Å². The van der Waals surface area contributed by atoms with Crippen LogP contribution < -0.4 is 15.4 Å². The molecule has 0 spiro atoms. The van der Waals surface area contributed by atoms with Crippen molar-refractivity contribution in [3.05, 3.63) is 29.8 Å². The Balaban J connectivity index is 0.00000784. The van der Waals surface area contributed by atoms with Crippen LogP contribution in [-0.4, -0.2) is 51.4 Å². The van der Waals surface area contributed by atoms with Gasteiger partial charge >= 0.3 is 5.97 Å². The highest BCUT2D eigenvalue weighted by Gasteiger charge is 2.16. The Morgan fingerprint density at radius 2 is 1.83 bits per heavy atom. The zero-order valence-electron chi connectivity index (χ0n) is 18.2. The summed E-state index contributed by atoms with van der Waals surface area (Å²) in [7, 11) is 1.65. The topological polar surface area (TPSA) is 81.2 Å². The largest absolute Gasteiger partial charge is 0.497 e. The number of ether oxygens (including phenoxy) is 3. The Morgan fingerprint density at radius 1 is 1.14 bits per heavy atom. The highest BCUT2D eigenvalue weighted by atomic mass is 127. The third-order valence-electron chi connectivity index (χ3n) is 3.87. The molecule has 0 amide bonds. The monoisotopic (exact) mass is 521 g/mol.